The minimum atomic E-state index is 0.196. The Morgan fingerprint density at radius 3 is 2.34 bits per heavy atom. The van der Waals surface area contributed by atoms with E-state index in [-0.39, 0.29) is 5.75 Å². The fourth-order valence-electron chi connectivity index (χ4n) is 2.93. The highest BCUT2D eigenvalue weighted by atomic mass is 35.5. The molecule has 0 saturated carbocycles. The molecule has 4 rings (SSSR count). The summed E-state index contributed by atoms with van der Waals surface area (Å²) in [4.78, 5) is 5.81. The quantitative estimate of drug-likeness (QED) is 0.280. The van der Waals surface area contributed by atoms with Gasteiger partial charge >= 0.3 is 0 Å². The van der Waals surface area contributed by atoms with Crippen LogP contribution in [0.15, 0.2) is 84.0 Å². The first kappa shape index (κ1) is 19.2. The molecule has 0 aliphatic carbocycles. The highest BCUT2D eigenvalue weighted by molar-refractivity contribution is 7.19. The van der Waals surface area contributed by atoms with Crippen molar-refractivity contribution in [2.24, 2.45) is 5.10 Å². The first-order valence-corrected chi connectivity index (χ1v) is 10.2. The van der Waals surface area contributed by atoms with E-state index in [0.29, 0.717) is 21.4 Å². The van der Waals surface area contributed by atoms with Crippen molar-refractivity contribution in [3.8, 4) is 27.4 Å². The van der Waals surface area contributed by atoms with Crippen molar-refractivity contribution >= 4 is 33.8 Å². The third-order valence-corrected chi connectivity index (χ3v) is 5.65. The first-order chi connectivity index (χ1) is 14.1. The Bertz CT molecular complexity index is 1150. The van der Waals surface area contributed by atoms with Crippen LogP contribution in [0.4, 0.5) is 5.13 Å². The van der Waals surface area contributed by atoms with Gasteiger partial charge in [-0.25, -0.2) is 4.98 Å². The molecular weight excluding hydrogens is 402 g/mol. The number of phenols is 1. The van der Waals surface area contributed by atoms with Gasteiger partial charge in [-0.15, -0.1) is 0 Å². The Morgan fingerprint density at radius 2 is 1.62 bits per heavy atom. The van der Waals surface area contributed by atoms with Gasteiger partial charge in [0.1, 0.15) is 5.75 Å². The molecule has 0 radical (unpaired) electrons. The fraction of sp³-hybridized carbons (Fsp3) is 0.0435. The molecule has 0 spiro atoms. The molecule has 0 aliphatic rings. The molecule has 0 saturated heterocycles. The topological polar surface area (TPSA) is 57.5 Å². The summed E-state index contributed by atoms with van der Waals surface area (Å²) in [7, 11) is 0. The van der Waals surface area contributed by atoms with Crippen LogP contribution in [0.5, 0.6) is 5.75 Å². The molecule has 0 amide bonds. The number of aromatic hydroxyl groups is 1. The molecule has 3 aromatic carbocycles. The van der Waals surface area contributed by atoms with Gasteiger partial charge in [0.15, 0.2) is 0 Å². The molecule has 1 aromatic heterocycles. The van der Waals surface area contributed by atoms with Crippen LogP contribution in [0.2, 0.25) is 5.02 Å². The Balaban J connectivity index is 1.71. The van der Waals surface area contributed by atoms with E-state index in [1.54, 1.807) is 12.1 Å². The Labute approximate surface area is 178 Å². The van der Waals surface area contributed by atoms with Crippen LogP contribution in [-0.4, -0.2) is 15.8 Å². The lowest BCUT2D eigenvalue weighted by atomic mass is 10.1. The lowest BCUT2D eigenvalue weighted by Gasteiger charge is -2.03. The van der Waals surface area contributed by atoms with E-state index < -0.39 is 0 Å². The van der Waals surface area contributed by atoms with Crippen molar-refractivity contribution in [1.29, 1.82) is 0 Å². The number of aromatic nitrogens is 1. The van der Waals surface area contributed by atoms with Crippen LogP contribution >= 0.6 is 22.9 Å². The van der Waals surface area contributed by atoms with E-state index in [1.807, 2.05) is 73.7 Å². The Hall–Kier alpha value is -3.15. The summed E-state index contributed by atoms with van der Waals surface area (Å²) in [5, 5.41) is 15.8. The zero-order chi connectivity index (χ0) is 20.2. The smallest absolute Gasteiger partial charge is 0.204 e. The third-order valence-electron chi connectivity index (χ3n) is 4.39. The summed E-state index contributed by atoms with van der Waals surface area (Å²) in [5.74, 6) is 0.196. The second-order valence-electron chi connectivity index (χ2n) is 6.40. The summed E-state index contributed by atoms with van der Waals surface area (Å²) < 4.78 is 0. The summed E-state index contributed by atoms with van der Waals surface area (Å²) in [6.07, 6.45) is 0. The zero-order valence-electron chi connectivity index (χ0n) is 15.6. The highest BCUT2D eigenvalue weighted by Gasteiger charge is 2.15. The van der Waals surface area contributed by atoms with Crippen molar-refractivity contribution in [2.45, 2.75) is 6.92 Å². The molecule has 6 heteroatoms. The molecule has 2 N–H and O–H groups in total. The monoisotopic (exact) mass is 419 g/mol. The first-order valence-electron chi connectivity index (χ1n) is 9.02. The molecular formula is C23H18ClN3OS. The van der Waals surface area contributed by atoms with E-state index in [2.05, 4.69) is 10.5 Å². The second-order valence-corrected chi connectivity index (χ2v) is 7.83. The SMILES string of the molecule is C/C(=N/Nc1nc(-c2ccccc2)c(-c2ccc(Cl)cc2)s1)c1ccccc1O. The van der Waals surface area contributed by atoms with Crippen LogP contribution in [-0.2, 0) is 0 Å². The van der Waals surface area contributed by atoms with Crippen molar-refractivity contribution in [3.63, 3.8) is 0 Å². The number of halogens is 1. The largest absolute Gasteiger partial charge is 0.507 e. The number of thiazole rings is 1. The number of phenolic OH excluding ortho intramolecular Hbond substituents is 1. The predicted octanol–water partition coefficient (Wildman–Crippen LogP) is 6.67. The molecule has 0 atom stereocenters. The van der Waals surface area contributed by atoms with E-state index in [4.69, 9.17) is 16.6 Å². The van der Waals surface area contributed by atoms with Crippen LogP contribution in [0.1, 0.15) is 12.5 Å². The number of nitrogens with one attached hydrogen (secondary N) is 1. The predicted molar refractivity (Wildman–Crippen MR) is 122 cm³/mol. The summed E-state index contributed by atoms with van der Waals surface area (Å²) in [6.45, 7) is 1.84. The number of hydrogen-bond acceptors (Lipinski definition) is 5. The molecule has 4 nitrogen and oxygen atoms in total. The maximum atomic E-state index is 10.0. The number of anilines is 1. The lowest BCUT2D eigenvalue weighted by molar-refractivity contribution is 0.474. The maximum absolute atomic E-state index is 10.0. The molecule has 0 fully saturated rings. The van der Waals surface area contributed by atoms with Gasteiger partial charge in [-0.3, -0.25) is 5.43 Å². The van der Waals surface area contributed by atoms with Crippen molar-refractivity contribution in [3.05, 3.63) is 89.4 Å². The molecule has 144 valence electrons. The van der Waals surface area contributed by atoms with Gasteiger partial charge in [0, 0.05) is 16.1 Å². The molecule has 0 unspecified atom stereocenters. The van der Waals surface area contributed by atoms with Crippen LogP contribution in [0.25, 0.3) is 21.7 Å². The fourth-order valence-corrected chi connectivity index (χ4v) is 3.99. The molecule has 1 heterocycles. The number of para-hydroxylation sites is 1. The highest BCUT2D eigenvalue weighted by Crippen LogP contribution is 2.39. The van der Waals surface area contributed by atoms with Gasteiger partial charge < -0.3 is 5.11 Å². The molecule has 0 aliphatic heterocycles. The van der Waals surface area contributed by atoms with Crippen molar-refractivity contribution < 1.29 is 5.11 Å². The molecule has 0 bridgehead atoms. The minimum Gasteiger partial charge on any atom is -0.507 e. The van der Waals surface area contributed by atoms with Crippen molar-refractivity contribution in [2.75, 3.05) is 5.43 Å². The number of rotatable bonds is 5. The van der Waals surface area contributed by atoms with E-state index >= 15 is 0 Å². The van der Waals surface area contributed by atoms with Gasteiger partial charge in [-0.1, -0.05) is 77.5 Å². The minimum absolute atomic E-state index is 0.196. The van der Waals surface area contributed by atoms with Gasteiger partial charge in [0.25, 0.3) is 0 Å². The number of benzene rings is 3. The zero-order valence-corrected chi connectivity index (χ0v) is 17.2. The second kappa shape index (κ2) is 8.47. The van der Waals surface area contributed by atoms with Crippen LogP contribution < -0.4 is 5.43 Å². The number of hydrazone groups is 1. The van der Waals surface area contributed by atoms with Crippen LogP contribution in [0.3, 0.4) is 0 Å². The van der Waals surface area contributed by atoms with E-state index in [1.165, 1.54) is 11.3 Å². The van der Waals surface area contributed by atoms with E-state index in [9.17, 15) is 5.11 Å². The van der Waals surface area contributed by atoms with Crippen LogP contribution in [0, 0.1) is 0 Å². The van der Waals surface area contributed by atoms with Crippen molar-refractivity contribution in [1.82, 2.24) is 4.98 Å². The summed E-state index contributed by atoms with van der Waals surface area (Å²) in [5.41, 5.74) is 7.35. The molecule has 29 heavy (non-hydrogen) atoms. The Kier molecular flexibility index (Phi) is 5.60. The maximum Gasteiger partial charge on any atom is 0.204 e. The number of nitrogens with zero attached hydrogens (tertiary/aromatic N) is 2. The lowest BCUT2D eigenvalue weighted by Crippen LogP contribution is -1.99. The van der Waals surface area contributed by atoms with E-state index in [0.717, 1.165) is 21.7 Å². The average Bonchev–Trinajstić information content (AvgIpc) is 3.18. The summed E-state index contributed by atoms with van der Waals surface area (Å²) >= 11 is 7.57. The van der Waals surface area contributed by atoms with Gasteiger partial charge in [-0.2, -0.15) is 5.10 Å². The normalized spacial score (nSPS) is 11.4. The standard InChI is InChI=1S/C23H18ClN3OS/c1-15(19-9-5-6-10-20(19)28)26-27-23-25-21(16-7-3-2-4-8-16)22(29-23)17-11-13-18(24)14-12-17/h2-14,28H,1H3,(H,25,27)/b26-15-. The molecule has 4 aromatic rings. The Morgan fingerprint density at radius 1 is 0.931 bits per heavy atom. The van der Waals surface area contributed by atoms with Gasteiger partial charge in [0.05, 0.1) is 16.3 Å². The third kappa shape index (κ3) is 4.31. The summed E-state index contributed by atoms with van der Waals surface area (Å²) in [6, 6.07) is 24.9. The average molecular weight is 420 g/mol. The number of hydrogen-bond donors (Lipinski definition) is 2. The van der Waals surface area contributed by atoms with Gasteiger partial charge in [0.2, 0.25) is 5.13 Å². The van der Waals surface area contributed by atoms with Gasteiger partial charge in [-0.05, 0) is 36.8 Å².